The minimum absolute atomic E-state index is 0.123. The van der Waals surface area contributed by atoms with Crippen molar-refractivity contribution < 1.29 is 14.9 Å². The highest BCUT2D eigenvalue weighted by molar-refractivity contribution is 7.09. The van der Waals surface area contributed by atoms with Crippen LogP contribution >= 0.6 is 11.5 Å². The van der Waals surface area contributed by atoms with E-state index < -0.39 is 5.60 Å². The zero-order chi connectivity index (χ0) is 14.8. The van der Waals surface area contributed by atoms with Crippen LogP contribution in [0.1, 0.15) is 25.2 Å². The molecule has 0 radical (unpaired) electrons. The first-order valence-electron chi connectivity index (χ1n) is 6.07. The predicted octanol–water partition coefficient (Wildman–Crippen LogP) is 2.44. The van der Waals surface area contributed by atoms with E-state index in [4.69, 9.17) is 4.74 Å². The van der Waals surface area contributed by atoms with Crippen LogP contribution in [0.5, 0.6) is 11.5 Å². The summed E-state index contributed by atoms with van der Waals surface area (Å²) in [6, 6.07) is 4.83. The Labute approximate surface area is 121 Å². The van der Waals surface area contributed by atoms with Gasteiger partial charge in [0.1, 0.15) is 5.60 Å². The molecule has 0 saturated heterocycles. The van der Waals surface area contributed by atoms with E-state index >= 15 is 0 Å². The predicted molar refractivity (Wildman–Crippen MR) is 77.0 cm³/mol. The lowest BCUT2D eigenvalue weighted by molar-refractivity contribution is 0.0126. The molecule has 1 aromatic heterocycles. The molecule has 2 rings (SSSR count). The van der Waals surface area contributed by atoms with Crippen molar-refractivity contribution >= 4 is 16.7 Å². The van der Waals surface area contributed by atoms with Gasteiger partial charge in [0.05, 0.1) is 0 Å². The van der Waals surface area contributed by atoms with Gasteiger partial charge in [-0.1, -0.05) is 12.1 Å². The Kier molecular flexibility index (Phi) is 4.10. The molecule has 0 amide bonds. The summed E-state index contributed by atoms with van der Waals surface area (Å²) in [7, 11) is 1.61. The van der Waals surface area contributed by atoms with Crippen molar-refractivity contribution in [3.05, 3.63) is 29.6 Å². The molecular formula is C13H17N3O3S. The maximum Gasteiger partial charge on any atom is 0.202 e. The molecule has 0 unspecified atom stereocenters. The summed E-state index contributed by atoms with van der Waals surface area (Å²) in [6.45, 7) is 4.13. The SMILES string of the molecule is COC(C)(C)c1nsc(NCc2cccc(O)c2O)n1. The Morgan fingerprint density at radius 1 is 1.35 bits per heavy atom. The number of benzene rings is 1. The first-order chi connectivity index (χ1) is 9.44. The summed E-state index contributed by atoms with van der Waals surface area (Å²) in [4.78, 5) is 4.35. The first kappa shape index (κ1) is 14.5. The third kappa shape index (κ3) is 3.00. The van der Waals surface area contributed by atoms with Crippen molar-refractivity contribution in [3.8, 4) is 11.5 Å². The number of phenolic OH excluding ortho intramolecular Hbond substituents is 2. The third-order valence-corrected chi connectivity index (χ3v) is 3.68. The smallest absolute Gasteiger partial charge is 0.202 e. The van der Waals surface area contributed by atoms with Gasteiger partial charge in [-0.25, -0.2) is 4.98 Å². The van der Waals surface area contributed by atoms with Gasteiger partial charge in [0, 0.05) is 30.8 Å². The van der Waals surface area contributed by atoms with Gasteiger partial charge in [-0.2, -0.15) is 4.37 Å². The summed E-state index contributed by atoms with van der Waals surface area (Å²) in [6.07, 6.45) is 0. The molecule has 0 aliphatic carbocycles. The van der Waals surface area contributed by atoms with Gasteiger partial charge < -0.3 is 20.3 Å². The van der Waals surface area contributed by atoms with E-state index in [1.807, 2.05) is 13.8 Å². The fraction of sp³-hybridized carbons (Fsp3) is 0.385. The number of hydrogen-bond donors (Lipinski definition) is 3. The Bertz CT molecular complexity index is 598. The molecule has 0 saturated carbocycles. The van der Waals surface area contributed by atoms with Crippen LogP contribution in [0.3, 0.4) is 0 Å². The highest BCUT2D eigenvalue weighted by atomic mass is 32.1. The van der Waals surface area contributed by atoms with Crippen molar-refractivity contribution in [2.45, 2.75) is 26.0 Å². The Morgan fingerprint density at radius 3 is 2.80 bits per heavy atom. The number of hydrogen-bond acceptors (Lipinski definition) is 7. The van der Waals surface area contributed by atoms with Crippen LogP contribution < -0.4 is 5.32 Å². The lowest BCUT2D eigenvalue weighted by Crippen LogP contribution is -2.21. The summed E-state index contributed by atoms with van der Waals surface area (Å²) in [5.41, 5.74) is 0.0524. The van der Waals surface area contributed by atoms with E-state index in [-0.39, 0.29) is 11.5 Å². The zero-order valence-corrected chi connectivity index (χ0v) is 12.4. The van der Waals surface area contributed by atoms with Crippen LogP contribution in [-0.2, 0) is 16.9 Å². The standard InChI is InChI=1S/C13H17N3O3S/c1-13(2,19-3)11-15-12(20-16-11)14-7-8-5-4-6-9(17)10(8)18/h4-6,17-18H,7H2,1-3H3,(H,14,15,16). The lowest BCUT2D eigenvalue weighted by atomic mass is 10.1. The topological polar surface area (TPSA) is 87.5 Å². The molecule has 0 spiro atoms. The molecule has 3 N–H and O–H groups in total. The van der Waals surface area contributed by atoms with Crippen LogP contribution in [0.25, 0.3) is 0 Å². The number of ether oxygens (including phenoxy) is 1. The fourth-order valence-corrected chi connectivity index (χ4v) is 2.22. The zero-order valence-electron chi connectivity index (χ0n) is 11.5. The molecule has 1 heterocycles. The fourth-order valence-electron chi connectivity index (χ4n) is 1.52. The molecule has 20 heavy (non-hydrogen) atoms. The first-order valence-corrected chi connectivity index (χ1v) is 6.84. The number of nitrogens with one attached hydrogen (secondary N) is 1. The van der Waals surface area contributed by atoms with Gasteiger partial charge in [-0.05, 0) is 19.9 Å². The second kappa shape index (κ2) is 5.64. The third-order valence-electron chi connectivity index (χ3n) is 3.00. The largest absolute Gasteiger partial charge is 0.504 e. The van der Waals surface area contributed by atoms with Gasteiger partial charge >= 0.3 is 0 Å². The van der Waals surface area contributed by atoms with Crippen LogP contribution in [0.15, 0.2) is 18.2 Å². The maximum absolute atomic E-state index is 9.71. The van der Waals surface area contributed by atoms with E-state index in [0.717, 1.165) is 0 Å². The van der Waals surface area contributed by atoms with E-state index in [1.165, 1.54) is 17.6 Å². The van der Waals surface area contributed by atoms with Crippen LogP contribution in [0, 0.1) is 0 Å². The molecule has 0 bridgehead atoms. The molecule has 7 heteroatoms. The van der Waals surface area contributed by atoms with Crippen LogP contribution in [0.4, 0.5) is 5.13 Å². The van der Waals surface area contributed by atoms with Gasteiger partial charge in [0.25, 0.3) is 0 Å². The minimum atomic E-state index is -0.538. The number of rotatable bonds is 5. The quantitative estimate of drug-likeness (QED) is 0.734. The maximum atomic E-state index is 9.71. The van der Waals surface area contributed by atoms with E-state index in [9.17, 15) is 10.2 Å². The molecular weight excluding hydrogens is 278 g/mol. The van der Waals surface area contributed by atoms with Crippen LogP contribution in [-0.4, -0.2) is 26.7 Å². The van der Waals surface area contributed by atoms with Gasteiger partial charge in [0.2, 0.25) is 5.13 Å². The van der Waals surface area contributed by atoms with Crippen molar-refractivity contribution in [2.24, 2.45) is 0 Å². The number of nitrogens with zero attached hydrogens (tertiary/aromatic N) is 2. The number of anilines is 1. The van der Waals surface area contributed by atoms with Crippen molar-refractivity contribution in [3.63, 3.8) is 0 Å². The van der Waals surface area contributed by atoms with Crippen molar-refractivity contribution in [2.75, 3.05) is 12.4 Å². The van der Waals surface area contributed by atoms with E-state index in [2.05, 4.69) is 14.7 Å². The van der Waals surface area contributed by atoms with Gasteiger partial charge in [0.15, 0.2) is 17.3 Å². The number of aromatic nitrogens is 2. The monoisotopic (exact) mass is 295 g/mol. The van der Waals surface area contributed by atoms with Gasteiger partial charge in [-0.3, -0.25) is 0 Å². The Morgan fingerprint density at radius 2 is 2.10 bits per heavy atom. The molecule has 1 aromatic carbocycles. The van der Waals surface area contributed by atoms with Crippen molar-refractivity contribution in [1.29, 1.82) is 0 Å². The Balaban J connectivity index is 2.07. The van der Waals surface area contributed by atoms with Crippen molar-refractivity contribution in [1.82, 2.24) is 9.36 Å². The minimum Gasteiger partial charge on any atom is -0.504 e. The molecule has 0 fully saturated rings. The average Bonchev–Trinajstić information content (AvgIpc) is 2.90. The summed E-state index contributed by atoms with van der Waals surface area (Å²) < 4.78 is 9.56. The second-order valence-electron chi connectivity index (χ2n) is 4.78. The van der Waals surface area contributed by atoms with E-state index in [1.54, 1.807) is 19.2 Å². The molecule has 0 atom stereocenters. The normalized spacial score (nSPS) is 11.6. The highest BCUT2D eigenvalue weighted by Crippen LogP contribution is 2.29. The second-order valence-corrected chi connectivity index (χ2v) is 5.53. The molecule has 6 nitrogen and oxygen atoms in total. The van der Waals surface area contributed by atoms with E-state index in [0.29, 0.717) is 23.1 Å². The number of para-hydroxylation sites is 1. The molecule has 0 aliphatic rings. The summed E-state index contributed by atoms with van der Waals surface area (Å²) in [5.74, 6) is 0.345. The molecule has 108 valence electrons. The number of aromatic hydroxyl groups is 2. The molecule has 0 aliphatic heterocycles. The van der Waals surface area contributed by atoms with Crippen LogP contribution in [0.2, 0.25) is 0 Å². The number of methoxy groups -OCH3 is 1. The highest BCUT2D eigenvalue weighted by Gasteiger charge is 2.24. The Hall–Kier alpha value is -1.86. The van der Waals surface area contributed by atoms with Gasteiger partial charge in [-0.15, -0.1) is 0 Å². The summed E-state index contributed by atoms with van der Waals surface area (Å²) >= 11 is 1.22. The summed E-state index contributed by atoms with van der Waals surface area (Å²) in [5, 5.41) is 22.8. The number of phenols is 2. The molecule has 2 aromatic rings. The lowest BCUT2D eigenvalue weighted by Gasteiger charge is -2.18. The average molecular weight is 295 g/mol.